The van der Waals surface area contributed by atoms with Crippen molar-refractivity contribution in [3.63, 3.8) is 0 Å². The Labute approximate surface area is 182 Å². The molecule has 0 saturated heterocycles. The highest BCUT2D eigenvalue weighted by Gasteiger charge is 2.23. The quantitative estimate of drug-likeness (QED) is 0.284. The number of hydrogen-bond donors (Lipinski definition) is 0. The van der Waals surface area contributed by atoms with E-state index in [4.69, 9.17) is 9.10 Å². The largest absolute Gasteiger partial charge is 0.291 e. The number of para-hydroxylation sites is 1. The SMILES string of the molecule is [2H]C([2H])([2H])c1nc2c3ccccc3c3ccccc3n2c1-c1c(C(C)C)cccc1C(C)C. The molecule has 0 atom stereocenters. The summed E-state index contributed by atoms with van der Waals surface area (Å²) in [6.45, 7) is 6.30. The van der Waals surface area contributed by atoms with Crippen molar-refractivity contribution in [3.8, 4) is 11.3 Å². The Morgan fingerprint density at radius 3 is 1.97 bits per heavy atom. The normalized spacial score (nSPS) is 14.0. The van der Waals surface area contributed by atoms with Crippen molar-refractivity contribution in [1.29, 1.82) is 0 Å². The monoisotopic (exact) mass is 395 g/mol. The lowest BCUT2D eigenvalue weighted by Crippen LogP contribution is -2.03. The molecule has 150 valence electrons. The molecule has 0 saturated carbocycles. The second kappa shape index (κ2) is 6.98. The molecule has 30 heavy (non-hydrogen) atoms. The summed E-state index contributed by atoms with van der Waals surface area (Å²) in [7, 11) is 0. The maximum absolute atomic E-state index is 8.42. The van der Waals surface area contributed by atoms with Crippen LogP contribution in [0.4, 0.5) is 0 Å². The number of benzene rings is 3. The summed E-state index contributed by atoms with van der Waals surface area (Å²) in [4.78, 5) is 4.84. The zero-order valence-electron chi connectivity index (χ0n) is 20.9. The third-order valence-corrected chi connectivity index (χ3v) is 6.09. The number of fused-ring (bicyclic) bond motifs is 6. The number of aryl methyl sites for hydroxylation is 1. The van der Waals surface area contributed by atoms with Crippen LogP contribution in [0.1, 0.15) is 60.5 Å². The average molecular weight is 396 g/mol. The molecule has 0 radical (unpaired) electrons. The summed E-state index contributed by atoms with van der Waals surface area (Å²) in [6, 6.07) is 22.7. The summed E-state index contributed by atoms with van der Waals surface area (Å²) in [5, 5.41) is 3.13. The van der Waals surface area contributed by atoms with E-state index in [1.54, 1.807) is 0 Å². The highest BCUT2D eigenvalue weighted by atomic mass is 15.0. The van der Waals surface area contributed by atoms with Gasteiger partial charge in [0.1, 0.15) is 5.65 Å². The molecule has 0 spiro atoms. The molecule has 0 bridgehead atoms. The van der Waals surface area contributed by atoms with Gasteiger partial charge in [-0.1, -0.05) is 88.4 Å². The first kappa shape index (κ1) is 15.7. The number of aromatic nitrogens is 2. The van der Waals surface area contributed by atoms with Crippen molar-refractivity contribution < 1.29 is 4.11 Å². The third-order valence-electron chi connectivity index (χ3n) is 6.09. The molecule has 0 N–H and O–H groups in total. The van der Waals surface area contributed by atoms with Gasteiger partial charge in [0.05, 0.1) is 16.9 Å². The van der Waals surface area contributed by atoms with Crippen molar-refractivity contribution in [2.24, 2.45) is 0 Å². The van der Waals surface area contributed by atoms with Gasteiger partial charge >= 0.3 is 0 Å². The minimum absolute atomic E-state index is 0.166. The van der Waals surface area contributed by atoms with E-state index in [9.17, 15) is 0 Å². The van der Waals surface area contributed by atoms with Gasteiger partial charge in [0.15, 0.2) is 0 Å². The van der Waals surface area contributed by atoms with Crippen LogP contribution in [0.5, 0.6) is 0 Å². The van der Waals surface area contributed by atoms with Crippen LogP contribution in [0.3, 0.4) is 0 Å². The van der Waals surface area contributed by atoms with Crippen molar-refractivity contribution in [3.05, 3.63) is 83.6 Å². The standard InChI is InChI=1S/C28H28N2/c1-17(2)20-14-10-15-21(18(3)4)26(20)27-19(5)29-28-24-13-7-6-11-22(24)23-12-8-9-16-25(23)30(27)28/h6-18H,1-5H3/i5D3. The van der Waals surface area contributed by atoms with Crippen LogP contribution in [-0.2, 0) is 0 Å². The number of rotatable bonds is 3. The fourth-order valence-corrected chi connectivity index (χ4v) is 4.70. The Bertz CT molecular complexity index is 1480. The molecule has 0 fully saturated rings. The van der Waals surface area contributed by atoms with Gasteiger partial charge in [0, 0.05) is 20.4 Å². The smallest absolute Gasteiger partial charge is 0.145 e. The summed E-state index contributed by atoms with van der Waals surface area (Å²) in [6.07, 6.45) is 0. The number of imidazole rings is 1. The topological polar surface area (TPSA) is 17.3 Å². The van der Waals surface area contributed by atoms with Crippen LogP contribution in [-0.4, -0.2) is 9.38 Å². The summed E-state index contributed by atoms with van der Waals surface area (Å²) in [5.41, 5.74) is 5.81. The molecular formula is C28H28N2. The summed E-state index contributed by atoms with van der Waals surface area (Å²) >= 11 is 0. The van der Waals surface area contributed by atoms with Gasteiger partial charge in [-0.3, -0.25) is 4.40 Å². The minimum atomic E-state index is -2.35. The van der Waals surface area contributed by atoms with Gasteiger partial charge in [0.2, 0.25) is 0 Å². The molecule has 5 rings (SSSR count). The first-order valence-corrected chi connectivity index (χ1v) is 10.7. The number of pyridine rings is 1. The van der Waals surface area contributed by atoms with E-state index in [0.29, 0.717) is 11.3 Å². The Balaban J connectivity index is 2.11. The molecule has 0 aliphatic rings. The lowest BCUT2D eigenvalue weighted by molar-refractivity contribution is 0.835. The Hall–Kier alpha value is -3.13. The number of nitrogens with zero attached hydrogens (tertiary/aromatic N) is 2. The Morgan fingerprint density at radius 1 is 0.733 bits per heavy atom. The molecule has 0 aliphatic carbocycles. The predicted molar refractivity (Wildman–Crippen MR) is 129 cm³/mol. The fraction of sp³-hybridized carbons (Fsp3) is 0.250. The lowest BCUT2D eigenvalue weighted by atomic mass is 9.86. The average Bonchev–Trinajstić information content (AvgIpc) is 3.20. The zero-order valence-corrected chi connectivity index (χ0v) is 17.9. The molecule has 0 amide bonds. The molecule has 0 aliphatic heterocycles. The van der Waals surface area contributed by atoms with E-state index in [1.165, 1.54) is 0 Å². The van der Waals surface area contributed by atoms with Crippen LogP contribution in [0.25, 0.3) is 38.6 Å². The maximum atomic E-state index is 8.42. The van der Waals surface area contributed by atoms with Crippen molar-refractivity contribution in [1.82, 2.24) is 9.38 Å². The van der Waals surface area contributed by atoms with Gasteiger partial charge in [-0.15, -0.1) is 0 Å². The predicted octanol–water partition coefficient (Wildman–Crippen LogP) is 7.86. The highest BCUT2D eigenvalue weighted by Crippen LogP contribution is 2.40. The van der Waals surface area contributed by atoms with Gasteiger partial charge < -0.3 is 0 Å². The second-order valence-corrected chi connectivity index (χ2v) is 8.65. The van der Waals surface area contributed by atoms with E-state index in [-0.39, 0.29) is 17.5 Å². The van der Waals surface area contributed by atoms with E-state index in [1.807, 2.05) is 30.3 Å². The third kappa shape index (κ3) is 2.67. The van der Waals surface area contributed by atoms with Crippen LogP contribution in [0.2, 0.25) is 0 Å². The molecule has 2 nitrogen and oxygen atoms in total. The molecule has 5 aromatic rings. The first-order chi connectivity index (χ1) is 15.7. The molecular weight excluding hydrogens is 364 g/mol. The van der Waals surface area contributed by atoms with Crippen LogP contribution in [0.15, 0.2) is 66.7 Å². The van der Waals surface area contributed by atoms with Crippen LogP contribution >= 0.6 is 0 Å². The van der Waals surface area contributed by atoms with E-state index in [2.05, 4.69) is 68.5 Å². The lowest BCUT2D eigenvalue weighted by Gasteiger charge is -2.21. The molecule has 2 aromatic heterocycles. The summed E-state index contributed by atoms with van der Waals surface area (Å²) in [5.74, 6) is 0.473. The summed E-state index contributed by atoms with van der Waals surface area (Å²) < 4.78 is 27.4. The molecule has 0 unspecified atom stereocenters. The van der Waals surface area contributed by atoms with E-state index < -0.39 is 6.85 Å². The van der Waals surface area contributed by atoms with Crippen molar-refractivity contribution in [2.45, 2.75) is 46.4 Å². The molecule has 2 heterocycles. The van der Waals surface area contributed by atoms with Gasteiger partial charge in [-0.25, -0.2) is 4.98 Å². The Kier molecular flexibility index (Phi) is 3.65. The first-order valence-electron chi connectivity index (χ1n) is 12.2. The van der Waals surface area contributed by atoms with Gasteiger partial charge in [0.25, 0.3) is 0 Å². The molecule has 3 aromatic carbocycles. The zero-order chi connectivity index (χ0) is 23.5. The van der Waals surface area contributed by atoms with E-state index in [0.717, 1.165) is 38.4 Å². The minimum Gasteiger partial charge on any atom is -0.291 e. The van der Waals surface area contributed by atoms with Crippen molar-refractivity contribution >= 4 is 27.3 Å². The Morgan fingerprint density at radius 2 is 1.33 bits per heavy atom. The number of hydrogen-bond acceptors (Lipinski definition) is 1. The fourth-order valence-electron chi connectivity index (χ4n) is 4.70. The second-order valence-electron chi connectivity index (χ2n) is 8.65. The van der Waals surface area contributed by atoms with Crippen LogP contribution in [0, 0.1) is 6.85 Å². The maximum Gasteiger partial charge on any atom is 0.145 e. The van der Waals surface area contributed by atoms with Gasteiger partial charge in [-0.05, 0) is 41.3 Å². The van der Waals surface area contributed by atoms with E-state index >= 15 is 0 Å². The highest BCUT2D eigenvalue weighted by molar-refractivity contribution is 6.12. The molecule has 2 heteroatoms. The van der Waals surface area contributed by atoms with Gasteiger partial charge in [-0.2, -0.15) is 0 Å². The van der Waals surface area contributed by atoms with Crippen LogP contribution < -0.4 is 0 Å². The van der Waals surface area contributed by atoms with Crippen molar-refractivity contribution in [2.75, 3.05) is 0 Å².